The van der Waals surface area contributed by atoms with E-state index in [1.54, 1.807) is 0 Å². The van der Waals surface area contributed by atoms with Gasteiger partial charge in [-0.3, -0.25) is 9.59 Å². The third-order valence-electron chi connectivity index (χ3n) is 3.46. The van der Waals surface area contributed by atoms with Crippen molar-refractivity contribution in [3.63, 3.8) is 0 Å². The first-order valence-corrected chi connectivity index (χ1v) is 6.98. The Balaban J connectivity index is 4.01. The molecule has 0 bridgehead atoms. The zero-order valence-electron chi connectivity index (χ0n) is 11.5. The van der Waals surface area contributed by atoms with Gasteiger partial charge in [-0.05, 0) is 12.3 Å². The zero-order chi connectivity index (χ0) is 14.0. The molecule has 0 aliphatic rings. The normalized spacial score (nSPS) is 12.6. The zero-order valence-corrected chi connectivity index (χ0v) is 11.5. The molecular weight excluding hydrogens is 232 g/mol. The lowest BCUT2D eigenvalue weighted by atomic mass is 9.88. The van der Waals surface area contributed by atoms with E-state index in [1.165, 1.54) is 19.3 Å². The minimum atomic E-state index is -1.24. The minimum Gasteiger partial charge on any atom is -0.481 e. The van der Waals surface area contributed by atoms with Gasteiger partial charge < -0.3 is 10.2 Å². The summed E-state index contributed by atoms with van der Waals surface area (Å²) in [6, 6.07) is 0. The van der Waals surface area contributed by atoms with E-state index >= 15 is 0 Å². The minimum absolute atomic E-state index is 0.212. The number of carboxylic acids is 2. The van der Waals surface area contributed by atoms with E-state index < -0.39 is 17.9 Å². The molecular formula is C14H26O4. The molecule has 1 unspecified atom stereocenters. The summed E-state index contributed by atoms with van der Waals surface area (Å²) in [5.74, 6) is -3.46. The summed E-state index contributed by atoms with van der Waals surface area (Å²) in [4.78, 5) is 21.7. The van der Waals surface area contributed by atoms with Gasteiger partial charge in [0, 0.05) is 0 Å². The number of hydrogen-bond donors (Lipinski definition) is 2. The Hall–Kier alpha value is -1.06. The largest absolute Gasteiger partial charge is 0.481 e. The number of hydrogen-bond acceptors (Lipinski definition) is 2. The van der Waals surface area contributed by atoms with E-state index in [4.69, 9.17) is 10.2 Å². The fraction of sp³-hybridized carbons (Fsp3) is 0.857. The molecule has 0 heterocycles. The average Bonchev–Trinajstić information content (AvgIpc) is 2.31. The summed E-state index contributed by atoms with van der Waals surface area (Å²) < 4.78 is 0. The molecule has 1 atom stereocenters. The fourth-order valence-electron chi connectivity index (χ4n) is 2.17. The van der Waals surface area contributed by atoms with Crippen LogP contribution in [0.3, 0.4) is 0 Å². The van der Waals surface area contributed by atoms with Crippen molar-refractivity contribution in [3.05, 3.63) is 0 Å². The van der Waals surface area contributed by atoms with Gasteiger partial charge in [-0.2, -0.15) is 0 Å². The maximum absolute atomic E-state index is 10.8. The molecule has 0 amide bonds. The van der Waals surface area contributed by atoms with Crippen molar-refractivity contribution in [1.82, 2.24) is 0 Å². The fourth-order valence-corrected chi connectivity index (χ4v) is 2.17. The summed E-state index contributed by atoms with van der Waals surface area (Å²) in [6.07, 6.45) is 7.95. The SMILES string of the molecule is CCCCCCCC(CC)CC(C(=O)O)C(=O)O. The summed E-state index contributed by atoms with van der Waals surface area (Å²) in [5.41, 5.74) is 0. The van der Waals surface area contributed by atoms with Crippen LogP contribution in [0.15, 0.2) is 0 Å². The summed E-state index contributed by atoms with van der Waals surface area (Å²) in [5, 5.41) is 17.7. The Kier molecular flexibility index (Phi) is 9.33. The van der Waals surface area contributed by atoms with Gasteiger partial charge in [0.2, 0.25) is 0 Å². The quantitative estimate of drug-likeness (QED) is 0.439. The molecule has 0 fully saturated rings. The molecule has 0 aliphatic carbocycles. The molecule has 0 spiro atoms. The number of carboxylic acid groups (broad SMARTS) is 2. The molecule has 0 aromatic carbocycles. The van der Waals surface area contributed by atoms with Gasteiger partial charge in [0.1, 0.15) is 0 Å². The summed E-state index contributed by atoms with van der Waals surface area (Å²) in [7, 11) is 0. The monoisotopic (exact) mass is 258 g/mol. The molecule has 0 saturated heterocycles. The van der Waals surface area contributed by atoms with Crippen LogP contribution >= 0.6 is 0 Å². The van der Waals surface area contributed by atoms with Crippen LogP contribution in [0.2, 0.25) is 0 Å². The first-order valence-electron chi connectivity index (χ1n) is 6.98. The van der Waals surface area contributed by atoms with Crippen LogP contribution in [0, 0.1) is 11.8 Å². The van der Waals surface area contributed by atoms with E-state index in [0.717, 1.165) is 25.7 Å². The molecule has 0 aromatic rings. The maximum Gasteiger partial charge on any atom is 0.317 e. The number of unbranched alkanes of at least 4 members (excludes halogenated alkanes) is 4. The van der Waals surface area contributed by atoms with Crippen molar-refractivity contribution in [1.29, 1.82) is 0 Å². The third kappa shape index (κ3) is 7.30. The number of carbonyl (C=O) groups is 2. The highest BCUT2D eigenvalue weighted by atomic mass is 16.4. The lowest BCUT2D eigenvalue weighted by molar-refractivity contribution is -0.155. The third-order valence-corrected chi connectivity index (χ3v) is 3.46. The maximum atomic E-state index is 10.8. The van der Waals surface area contributed by atoms with E-state index in [0.29, 0.717) is 0 Å². The van der Waals surface area contributed by atoms with Crippen LogP contribution in [0.1, 0.15) is 65.2 Å². The Bertz CT molecular complexity index is 236. The molecule has 0 aromatic heterocycles. The Morgan fingerprint density at radius 3 is 1.94 bits per heavy atom. The van der Waals surface area contributed by atoms with Crippen LogP contribution in [0.4, 0.5) is 0 Å². The molecule has 0 aliphatic heterocycles. The van der Waals surface area contributed by atoms with Crippen molar-refractivity contribution in [2.45, 2.75) is 65.2 Å². The van der Waals surface area contributed by atoms with Crippen molar-refractivity contribution in [2.75, 3.05) is 0 Å². The molecule has 0 radical (unpaired) electrons. The van der Waals surface area contributed by atoms with Crippen LogP contribution in [-0.2, 0) is 9.59 Å². The molecule has 0 rings (SSSR count). The Morgan fingerprint density at radius 1 is 0.944 bits per heavy atom. The highest BCUT2D eigenvalue weighted by Crippen LogP contribution is 2.23. The van der Waals surface area contributed by atoms with Crippen molar-refractivity contribution >= 4 is 11.9 Å². The van der Waals surface area contributed by atoms with Gasteiger partial charge in [-0.25, -0.2) is 0 Å². The smallest absolute Gasteiger partial charge is 0.317 e. The highest BCUT2D eigenvalue weighted by Gasteiger charge is 2.28. The van der Waals surface area contributed by atoms with Crippen molar-refractivity contribution in [2.24, 2.45) is 11.8 Å². The predicted octanol–water partition coefficient (Wildman–Crippen LogP) is 3.55. The molecule has 106 valence electrons. The topological polar surface area (TPSA) is 74.6 Å². The van der Waals surface area contributed by atoms with E-state index in [-0.39, 0.29) is 12.3 Å². The molecule has 2 N–H and O–H groups in total. The van der Waals surface area contributed by atoms with Gasteiger partial charge in [0.05, 0.1) is 0 Å². The Labute approximate surface area is 109 Å². The van der Waals surface area contributed by atoms with Crippen LogP contribution in [0.5, 0.6) is 0 Å². The second-order valence-electron chi connectivity index (χ2n) is 4.94. The second kappa shape index (κ2) is 9.92. The predicted molar refractivity (Wildman–Crippen MR) is 70.5 cm³/mol. The average molecular weight is 258 g/mol. The first kappa shape index (κ1) is 16.9. The molecule has 4 nitrogen and oxygen atoms in total. The molecule has 4 heteroatoms. The molecule has 18 heavy (non-hydrogen) atoms. The summed E-state index contributed by atoms with van der Waals surface area (Å²) >= 11 is 0. The lowest BCUT2D eigenvalue weighted by Gasteiger charge is -2.17. The van der Waals surface area contributed by atoms with E-state index in [1.807, 2.05) is 6.92 Å². The number of rotatable bonds is 11. The Morgan fingerprint density at radius 2 is 1.50 bits per heavy atom. The van der Waals surface area contributed by atoms with Crippen LogP contribution in [-0.4, -0.2) is 22.2 Å². The van der Waals surface area contributed by atoms with Gasteiger partial charge in [-0.1, -0.05) is 58.8 Å². The highest BCUT2D eigenvalue weighted by molar-refractivity contribution is 5.92. The second-order valence-corrected chi connectivity index (χ2v) is 4.94. The van der Waals surface area contributed by atoms with Crippen molar-refractivity contribution < 1.29 is 19.8 Å². The summed E-state index contributed by atoms with van der Waals surface area (Å²) in [6.45, 7) is 4.16. The van der Waals surface area contributed by atoms with E-state index in [2.05, 4.69) is 6.92 Å². The lowest BCUT2D eigenvalue weighted by Crippen LogP contribution is -2.26. The van der Waals surface area contributed by atoms with Gasteiger partial charge in [0.25, 0.3) is 0 Å². The number of aliphatic carboxylic acids is 2. The van der Waals surface area contributed by atoms with Gasteiger partial charge in [-0.15, -0.1) is 0 Å². The standard InChI is InChI=1S/C14H26O4/c1-3-5-6-7-8-9-11(4-2)10-12(13(15)16)14(17)18/h11-12H,3-10H2,1-2H3,(H,15,16)(H,17,18). The van der Waals surface area contributed by atoms with Crippen LogP contribution < -0.4 is 0 Å². The van der Waals surface area contributed by atoms with Gasteiger partial charge in [0.15, 0.2) is 5.92 Å². The van der Waals surface area contributed by atoms with Crippen LogP contribution in [0.25, 0.3) is 0 Å². The van der Waals surface area contributed by atoms with Gasteiger partial charge >= 0.3 is 11.9 Å². The first-order chi connectivity index (χ1) is 8.52. The molecule has 0 saturated carbocycles. The van der Waals surface area contributed by atoms with E-state index in [9.17, 15) is 9.59 Å². The van der Waals surface area contributed by atoms with Crippen molar-refractivity contribution in [3.8, 4) is 0 Å².